The number of aromatic nitrogens is 6. The van der Waals surface area contributed by atoms with Crippen molar-refractivity contribution in [3.63, 3.8) is 0 Å². The van der Waals surface area contributed by atoms with Crippen molar-refractivity contribution in [1.29, 1.82) is 0 Å². The topological polar surface area (TPSA) is 155 Å². The number of halogens is 1. The van der Waals surface area contributed by atoms with Gasteiger partial charge in [-0.2, -0.15) is 9.50 Å². The molecule has 0 atom stereocenters. The fourth-order valence-corrected chi connectivity index (χ4v) is 5.99. The van der Waals surface area contributed by atoms with E-state index in [4.69, 9.17) is 36.5 Å². The Kier molecular flexibility index (Phi) is 9.38. The van der Waals surface area contributed by atoms with E-state index in [1.54, 1.807) is 29.8 Å². The molecule has 2 N–H and O–H groups in total. The van der Waals surface area contributed by atoms with Crippen LogP contribution >= 0.6 is 11.6 Å². The van der Waals surface area contributed by atoms with Crippen LogP contribution in [-0.4, -0.2) is 97.5 Å². The number of benzene rings is 1. The number of fused-ring (bicyclic) bond motifs is 3. The summed E-state index contributed by atoms with van der Waals surface area (Å²) in [5, 5.41) is 5.16. The number of nitrogens with two attached hydrogens (primary N) is 1. The predicted octanol–water partition coefficient (Wildman–Crippen LogP) is 4.10. The molecule has 6 rings (SSSR count). The summed E-state index contributed by atoms with van der Waals surface area (Å²) in [5.74, 6) is 0.105. The Bertz CT molecular complexity index is 1930. The number of nitrogens with zero attached hydrogens (tertiary/aromatic N) is 8. The summed E-state index contributed by atoms with van der Waals surface area (Å²) in [6.07, 6.45) is 1.65. The third kappa shape index (κ3) is 6.99. The van der Waals surface area contributed by atoms with Gasteiger partial charge in [-0.1, -0.05) is 17.7 Å². The van der Waals surface area contributed by atoms with E-state index in [0.29, 0.717) is 47.0 Å². The Labute approximate surface area is 282 Å². The highest BCUT2D eigenvalue weighted by Gasteiger charge is 2.29. The molecule has 4 aromatic heterocycles. The van der Waals surface area contributed by atoms with E-state index in [-0.39, 0.29) is 29.9 Å². The zero-order valence-electron chi connectivity index (χ0n) is 27.3. The molecule has 0 radical (unpaired) electrons. The second kappa shape index (κ2) is 13.6. The molecular formula is C33H38ClN9O5. The smallest absolute Gasteiger partial charge is 0.356 e. The van der Waals surface area contributed by atoms with Crippen molar-refractivity contribution in [3.05, 3.63) is 59.4 Å². The van der Waals surface area contributed by atoms with Crippen LogP contribution in [-0.2, 0) is 20.8 Å². The molecule has 5 heterocycles. The molecule has 1 aromatic carbocycles. The Balaban J connectivity index is 1.16. The fourth-order valence-electron chi connectivity index (χ4n) is 5.64. The summed E-state index contributed by atoms with van der Waals surface area (Å²) in [6.45, 7) is 11.5. The Morgan fingerprint density at radius 3 is 2.40 bits per heavy atom. The zero-order valence-corrected chi connectivity index (χ0v) is 28.1. The lowest BCUT2D eigenvalue weighted by Gasteiger charge is -2.36. The predicted molar refractivity (Wildman–Crippen MR) is 181 cm³/mol. The van der Waals surface area contributed by atoms with Gasteiger partial charge in [0.2, 0.25) is 11.8 Å². The van der Waals surface area contributed by atoms with Crippen molar-refractivity contribution >= 4 is 51.9 Å². The molecule has 0 aliphatic carbocycles. The van der Waals surface area contributed by atoms with Gasteiger partial charge in [-0.05, 0) is 64.1 Å². The first-order valence-electron chi connectivity index (χ1n) is 15.8. The number of anilines is 2. The number of pyridine rings is 1. The molecule has 48 heavy (non-hydrogen) atoms. The molecule has 1 fully saturated rings. The number of piperazine rings is 1. The molecule has 1 saturated heterocycles. The number of carbonyl (C=O) groups is 2. The van der Waals surface area contributed by atoms with Crippen molar-refractivity contribution in [1.82, 2.24) is 34.0 Å². The molecule has 0 saturated carbocycles. The number of hydrogen-bond donors (Lipinski definition) is 1. The minimum Gasteiger partial charge on any atom is -0.482 e. The molecule has 14 nitrogen and oxygen atoms in total. The molecule has 252 valence electrons. The second-order valence-electron chi connectivity index (χ2n) is 12.3. The Hall–Kier alpha value is -4.95. The largest absolute Gasteiger partial charge is 0.482 e. The Morgan fingerprint density at radius 2 is 1.73 bits per heavy atom. The van der Waals surface area contributed by atoms with E-state index in [1.165, 1.54) is 4.52 Å². The molecule has 0 unspecified atom stereocenters. The first-order chi connectivity index (χ1) is 23.0. The SMILES string of the molecule is CCOC(=O)c1c(Cl)c2c(nc(N)n3nc(-c4ccccn4)nc23)n1CCN1CCN(c2ccc(OCC(=O)OC(C)(C)C)cc2)CC1. The van der Waals surface area contributed by atoms with Crippen molar-refractivity contribution in [2.24, 2.45) is 0 Å². The first kappa shape index (κ1) is 33.0. The van der Waals surface area contributed by atoms with E-state index in [2.05, 4.69) is 24.9 Å². The molecule has 5 aromatic rings. The van der Waals surface area contributed by atoms with Crippen molar-refractivity contribution in [2.45, 2.75) is 39.8 Å². The normalized spacial score (nSPS) is 14.1. The van der Waals surface area contributed by atoms with Gasteiger partial charge >= 0.3 is 11.9 Å². The van der Waals surface area contributed by atoms with E-state index in [9.17, 15) is 9.59 Å². The van der Waals surface area contributed by atoms with E-state index >= 15 is 0 Å². The lowest BCUT2D eigenvalue weighted by Crippen LogP contribution is -2.47. The summed E-state index contributed by atoms with van der Waals surface area (Å²) in [7, 11) is 0. The summed E-state index contributed by atoms with van der Waals surface area (Å²) in [5.41, 5.74) is 8.44. The highest BCUT2D eigenvalue weighted by atomic mass is 35.5. The van der Waals surface area contributed by atoms with Crippen LogP contribution in [0.3, 0.4) is 0 Å². The molecule has 1 aliphatic rings. The highest BCUT2D eigenvalue weighted by Crippen LogP contribution is 2.35. The lowest BCUT2D eigenvalue weighted by molar-refractivity contribution is -0.157. The number of hydrogen-bond acceptors (Lipinski definition) is 12. The maximum Gasteiger partial charge on any atom is 0.356 e. The molecule has 0 bridgehead atoms. The molecule has 15 heteroatoms. The van der Waals surface area contributed by atoms with Crippen molar-refractivity contribution in [3.8, 4) is 17.3 Å². The third-order valence-electron chi connectivity index (χ3n) is 7.80. The van der Waals surface area contributed by atoms with Gasteiger partial charge in [-0.15, -0.1) is 5.10 Å². The lowest BCUT2D eigenvalue weighted by atomic mass is 10.2. The van der Waals surface area contributed by atoms with Crippen molar-refractivity contribution in [2.75, 3.05) is 56.6 Å². The molecular weight excluding hydrogens is 638 g/mol. The van der Waals surface area contributed by atoms with Crippen LogP contribution in [0.4, 0.5) is 11.6 Å². The Morgan fingerprint density at radius 1 is 0.979 bits per heavy atom. The van der Waals surface area contributed by atoms with Gasteiger partial charge < -0.3 is 29.4 Å². The highest BCUT2D eigenvalue weighted by molar-refractivity contribution is 6.39. The molecule has 0 amide bonds. The van der Waals surface area contributed by atoms with Gasteiger partial charge in [0.15, 0.2) is 12.3 Å². The van der Waals surface area contributed by atoms with Crippen LogP contribution in [0.2, 0.25) is 5.02 Å². The molecule has 0 spiro atoms. The third-order valence-corrected chi connectivity index (χ3v) is 8.17. The van der Waals surface area contributed by atoms with Gasteiger partial charge in [0.25, 0.3) is 0 Å². The monoisotopic (exact) mass is 675 g/mol. The quantitative estimate of drug-likeness (QED) is 0.212. The second-order valence-corrected chi connectivity index (χ2v) is 12.7. The number of ether oxygens (including phenoxy) is 3. The first-order valence-corrected chi connectivity index (χ1v) is 16.1. The minimum absolute atomic E-state index is 0.105. The van der Waals surface area contributed by atoms with Crippen LogP contribution < -0.4 is 15.4 Å². The van der Waals surface area contributed by atoms with E-state index in [0.717, 1.165) is 31.9 Å². The average Bonchev–Trinajstić information content (AvgIpc) is 3.63. The van der Waals surface area contributed by atoms with Crippen LogP contribution in [0.15, 0.2) is 48.7 Å². The molecule has 1 aliphatic heterocycles. The number of rotatable bonds is 10. The summed E-state index contributed by atoms with van der Waals surface area (Å²) < 4.78 is 19.5. The van der Waals surface area contributed by atoms with Crippen LogP contribution in [0.5, 0.6) is 5.75 Å². The average molecular weight is 676 g/mol. The van der Waals surface area contributed by atoms with Crippen LogP contribution in [0, 0.1) is 0 Å². The van der Waals surface area contributed by atoms with Gasteiger partial charge in [0, 0.05) is 51.2 Å². The fraction of sp³-hybridized carbons (Fsp3) is 0.394. The number of nitrogen functional groups attached to an aromatic ring is 1. The van der Waals surface area contributed by atoms with Gasteiger partial charge in [-0.3, -0.25) is 9.88 Å². The number of carbonyl (C=O) groups excluding carboxylic acids is 2. The van der Waals surface area contributed by atoms with Crippen molar-refractivity contribution < 1.29 is 23.8 Å². The summed E-state index contributed by atoms with van der Waals surface area (Å²) in [6, 6.07) is 13.1. The summed E-state index contributed by atoms with van der Waals surface area (Å²) in [4.78, 5) is 43.5. The van der Waals surface area contributed by atoms with Crippen LogP contribution in [0.25, 0.3) is 28.2 Å². The van der Waals surface area contributed by atoms with Gasteiger partial charge in [0.1, 0.15) is 28.4 Å². The van der Waals surface area contributed by atoms with Gasteiger partial charge in [0.05, 0.1) is 17.0 Å². The summed E-state index contributed by atoms with van der Waals surface area (Å²) >= 11 is 6.91. The number of esters is 2. The van der Waals surface area contributed by atoms with E-state index in [1.807, 2.05) is 51.1 Å². The maximum absolute atomic E-state index is 13.2. The minimum atomic E-state index is -0.556. The van der Waals surface area contributed by atoms with E-state index < -0.39 is 17.5 Å². The maximum atomic E-state index is 13.2. The van der Waals surface area contributed by atoms with Crippen LogP contribution in [0.1, 0.15) is 38.2 Å². The standard InChI is InChI=1S/C33H38ClN9O5/c1-5-46-31(45)27-26(34)25-29(38-32(35)43-30(25)37-28(39-43)23-8-6-7-13-36-23)42(27)19-16-40-14-17-41(18-15-40)21-9-11-22(12-10-21)47-20-24(44)48-33(2,3)4/h6-13H,5,14-20H2,1-4H3,(H2,35,38). The van der Waals surface area contributed by atoms with Gasteiger partial charge in [-0.25, -0.2) is 14.6 Å². The zero-order chi connectivity index (χ0) is 34.0.